The Bertz CT molecular complexity index is 39.9. The summed E-state index contributed by atoms with van der Waals surface area (Å²) in [5.41, 5.74) is 0. The zero-order chi connectivity index (χ0) is 5.21. The Kier molecular flexibility index (Phi) is 5.76. The van der Waals surface area contributed by atoms with Gasteiger partial charge >= 0.3 is 0 Å². The molecule has 0 aliphatic rings. The Hall–Kier alpha value is 0.800. The normalized spacial score (nSPS) is 10.3. The molecular weight excluding hydrogens is 161 g/mol. The first-order chi connectivity index (χ1) is 2.56. The molecule has 4 heteroatoms. The lowest BCUT2D eigenvalue weighted by Gasteiger charge is -2.02. The van der Waals surface area contributed by atoms with Crippen LogP contribution in [0.1, 0.15) is 13.3 Å². The van der Waals surface area contributed by atoms with Gasteiger partial charge < -0.3 is 0 Å². The van der Waals surface area contributed by atoms with Gasteiger partial charge in [0.25, 0.3) is 0 Å². The first-order valence-electron chi connectivity index (χ1n) is 1.63. The van der Waals surface area contributed by atoms with Gasteiger partial charge in [-0.1, -0.05) is 41.7 Å². The maximum Gasteiger partial charge on any atom is 0.190 e. The highest BCUT2D eigenvalue weighted by Gasteiger charge is 2.14. The summed E-state index contributed by atoms with van der Waals surface area (Å²) in [6, 6.07) is 0. The summed E-state index contributed by atoms with van der Waals surface area (Å²) in [5.74, 6) is 0. The highest BCUT2D eigenvalue weighted by molar-refractivity contribution is 6.67. The summed E-state index contributed by atoms with van der Waals surface area (Å²) in [7, 11) is 0. The highest BCUT2D eigenvalue weighted by atomic mass is 35.6. The smallest absolute Gasteiger partial charge is 0.190 e. The van der Waals surface area contributed by atoms with Crippen LogP contribution in [0.5, 0.6) is 0 Å². The molecule has 0 fully saturated rings. The van der Waals surface area contributed by atoms with E-state index < -0.39 is 3.79 Å². The van der Waals surface area contributed by atoms with E-state index in [4.69, 9.17) is 34.8 Å². The third-order valence-electron chi connectivity index (χ3n) is 0.401. The Morgan fingerprint density at radius 1 is 1.29 bits per heavy atom. The van der Waals surface area contributed by atoms with Crippen molar-refractivity contribution >= 4 is 34.8 Å². The van der Waals surface area contributed by atoms with Crippen LogP contribution in [0, 0.1) is 0 Å². The van der Waals surface area contributed by atoms with Crippen LogP contribution < -0.4 is 0 Å². The molecule has 0 spiro atoms. The van der Waals surface area contributed by atoms with Crippen LogP contribution >= 0.6 is 34.8 Å². The molecule has 0 radical (unpaired) electrons. The molecule has 0 N–H and O–H groups in total. The van der Waals surface area contributed by atoms with Gasteiger partial charge in [-0.05, 0) is 6.42 Å². The van der Waals surface area contributed by atoms with E-state index in [-0.39, 0.29) is 4.70 Å². The van der Waals surface area contributed by atoms with E-state index in [2.05, 4.69) is 0 Å². The zero-order valence-electron chi connectivity index (χ0n) is 3.75. The Morgan fingerprint density at radius 3 is 1.43 bits per heavy atom. The Balaban J connectivity index is 0. The maximum absolute atomic E-state index is 5.25. The highest BCUT2D eigenvalue weighted by Crippen LogP contribution is 2.28. The molecule has 0 aromatic carbocycles. The summed E-state index contributed by atoms with van der Waals surface area (Å²) in [6.45, 7) is 1.81. The van der Waals surface area contributed by atoms with E-state index in [1.807, 2.05) is 6.92 Å². The fourth-order valence-corrected chi connectivity index (χ4v) is 0. The van der Waals surface area contributed by atoms with Crippen LogP contribution in [0.15, 0.2) is 0 Å². The molecule has 0 saturated carbocycles. The van der Waals surface area contributed by atoms with Gasteiger partial charge in [-0.2, -0.15) is 0 Å². The molecule has 0 amide bonds. The Morgan fingerprint density at radius 2 is 1.43 bits per heavy atom. The van der Waals surface area contributed by atoms with Gasteiger partial charge in [0.05, 0.1) is 0 Å². The van der Waals surface area contributed by atoms with Crippen molar-refractivity contribution in [3.05, 3.63) is 0 Å². The average Bonchev–Trinajstić information content (AvgIpc) is 1.35. The number of alkyl halides is 3. The van der Waals surface area contributed by atoms with E-state index in [9.17, 15) is 0 Å². The molecular formula is C3H6Cl3F. The van der Waals surface area contributed by atoms with Gasteiger partial charge in [-0.15, -0.1) is 0 Å². The SMILES string of the molecule is CCC(Cl)(Cl)Cl.F. The van der Waals surface area contributed by atoms with E-state index >= 15 is 0 Å². The molecule has 7 heavy (non-hydrogen) atoms. The van der Waals surface area contributed by atoms with Crippen LogP contribution in [-0.4, -0.2) is 3.79 Å². The summed E-state index contributed by atoms with van der Waals surface area (Å²) in [4.78, 5) is 0. The predicted molar refractivity (Wildman–Crippen MR) is 33.1 cm³/mol. The van der Waals surface area contributed by atoms with Crippen molar-refractivity contribution in [3.63, 3.8) is 0 Å². The molecule has 0 aromatic rings. The molecule has 0 unspecified atom stereocenters. The number of hydrogen-bond donors (Lipinski definition) is 0. The summed E-state index contributed by atoms with van der Waals surface area (Å²) >= 11 is 15.7. The van der Waals surface area contributed by atoms with Crippen LogP contribution in [-0.2, 0) is 0 Å². The second-order valence-corrected chi connectivity index (χ2v) is 3.48. The second-order valence-electron chi connectivity index (χ2n) is 0.969. The van der Waals surface area contributed by atoms with Crippen molar-refractivity contribution in [1.29, 1.82) is 0 Å². The molecule has 0 aromatic heterocycles. The minimum Gasteiger partial charge on any atom is -0.269 e. The fourth-order valence-electron chi connectivity index (χ4n) is 0. The van der Waals surface area contributed by atoms with Crippen molar-refractivity contribution in [1.82, 2.24) is 0 Å². The van der Waals surface area contributed by atoms with Gasteiger partial charge in [0, 0.05) is 0 Å². The van der Waals surface area contributed by atoms with Crippen molar-refractivity contribution < 1.29 is 4.70 Å². The van der Waals surface area contributed by atoms with Gasteiger partial charge in [-0.25, -0.2) is 0 Å². The van der Waals surface area contributed by atoms with Crippen LogP contribution in [0.25, 0.3) is 0 Å². The zero-order valence-corrected chi connectivity index (χ0v) is 6.02. The molecule has 0 saturated heterocycles. The number of halogens is 4. The van der Waals surface area contributed by atoms with Crippen LogP contribution in [0.3, 0.4) is 0 Å². The molecule has 0 rings (SSSR count). The first kappa shape index (κ1) is 10.7. The lowest BCUT2D eigenvalue weighted by atomic mass is 10.6. The first-order valence-corrected chi connectivity index (χ1v) is 2.76. The lowest BCUT2D eigenvalue weighted by Crippen LogP contribution is -1.95. The van der Waals surface area contributed by atoms with Crippen LogP contribution in [0.4, 0.5) is 4.70 Å². The molecule has 0 nitrogen and oxygen atoms in total. The Labute approximate surface area is 57.1 Å². The quantitative estimate of drug-likeness (QED) is 0.487. The number of rotatable bonds is 0. The average molecular weight is 167 g/mol. The third-order valence-corrected chi connectivity index (χ3v) is 1.20. The van der Waals surface area contributed by atoms with Crippen LogP contribution in [0.2, 0.25) is 0 Å². The van der Waals surface area contributed by atoms with Crippen molar-refractivity contribution in [2.75, 3.05) is 0 Å². The second kappa shape index (κ2) is 3.76. The van der Waals surface area contributed by atoms with E-state index in [1.54, 1.807) is 0 Å². The van der Waals surface area contributed by atoms with Crippen molar-refractivity contribution in [2.45, 2.75) is 17.1 Å². The molecule has 0 bridgehead atoms. The summed E-state index contributed by atoms with van der Waals surface area (Å²) in [6.07, 6.45) is 0.567. The van der Waals surface area contributed by atoms with Gasteiger partial charge in [0.2, 0.25) is 0 Å². The predicted octanol–water partition coefficient (Wildman–Crippen LogP) is 2.92. The summed E-state index contributed by atoms with van der Waals surface area (Å²) < 4.78 is -1.04. The standard InChI is InChI=1S/C3H5Cl3.FH/c1-2-3(4,5)6;/h2H2,1H3;1H. The lowest BCUT2D eigenvalue weighted by molar-refractivity contribution is 0.974. The van der Waals surface area contributed by atoms with Crippen molar-refractivity contribution in [3.8, 4) is 0 Å². The van der Waals surface area contributed by atoms with E-state index in [0.29, 0.717) is 6.42 Å². The minimum absolute atomic E-state index is 0. The third kappa shape index (κ3) is 10.8. The topological polar surface area (TPSA) is 0 Å². The largest absolute Gasteiger partial charge is 0.269 e. The number of hydrogen-bond acceptors (Lipinski definition) is 0. The fraction of sp³-hybridized carbons (Fsp3) is 1.00. The van der Waals surface area contributed by atoms with Gasteiger partial charge in [0.1, 0.15) is 0 Å². The molecule has 46 valence electrons. The molecule has 0 heterocycles. The van der Waals surface area contributed by atoms with Gasteiger partial charge in [-0.3, -0.25) is 4.70 Å². The van der Waals surface area contributed by atoms with E-state index in [0.717, 1.165) is 0 Å². The van der Waals surface area contributed by atoms with Gasteiger partial charge in [0.15, 0.2) is 3.79 Å². The molecule has 0 aliphatic carbocycles. The summed E-state index contributed by atoms with van der Waals surface area (Å²) in [5, 5.41) is 0. The monoisotopic (exact) mass is 166 g/mol. The van der Waals surface area contributed by atoms with E-state index in [1.165, 1.54) is 0 Å². The molecule has 0 aliphatic heterocycles. The minimum atomic E-state index is -1.04. The maximum atomic E-state index is 5.25. The molecule has 0 atom stereocenters. The van der Waals surface area contributed by atoms with Crippen molar-refractivity contribution in [2.24, 2.45) is 0 Å².